The molecular weight excluding hydrogens is 204 g/mol. The van der Waals surface area contributed by atoms with Crippen molar-refractivity contribution in [1.82, 2.24) is 0 Å². The first kappa shape index (κ1) is 12.8. The lowest BCUT2D eigenvalue weighted by Gasteiger charge is -2.43. The zero-order valence-electron chi connectivity index (χ0n) is 10.1. The summed E-state index contributed by atoms with van der Waals surface area (Å²) < 4.78 is 0. The van der Waals surface area contributed by atoms with Gasteiger partial charge >= 0.3 is 0 Å². The normalized spacial score (nSPS) is 32.3. The molecule has 0 heterocycles. The van der Waals surface area contributed by atoms with Crippen LogP contribution in [0.5, 0.6) is 0 Å². The lowest BCUT2D eigenvalue weighted by Crippen LogP contribution is -2.40. The molecule has 0 saturated heterocycles. The van der Waals surface area contributed by atoms with E-state index in [0.29, 0.717) is 12.5 Å². The second-order valence-corrected chi connectivity index (χ2v) is 5.75. The summed E-state index contributed by atoms with van der Waals surface area (Å²) in [6.45, 7) is 6.76. The third-order valence-corrected chi connectivity index (χ3v) is 3.16. The van der Waals surface area contributed by atoms with Crippen LogP contribution in [0.15, 0.2) is 9.98 Å². The van der Waals surface area contributed by atoms with Gasteiger partial charge in [0.15, 0.2) is 0 Å². The van der Waals surface area contributed by atoms with Gasteiger partial charge in [-0.1, -0.05) is 13.8 Å². The average Bonchev–Trinajstić information content (AvgIpc) is 2.11. The van der Waals surface area contributed by atoms with Gasteiger partial charge in [0.2, 0.25) is 12.2 Å². The summed E-state index contributed by atoms with van der Waals surface area (Å²) in [5, 5.41) is 0. The second-order valence-electron chi connectivity index (χ2n) is 5.75. The van der Waals surface area contributed by atoms with Crippen LogP contribution in [0, 0.1) is 11.3 Å². The van der Waals surface area contributed by atoms with Crippen molar-refractivity contribution in [1.29, 1.82) is 0 Å². The summed E-state index contributed by atoms with van der Waals surface area (Å²) in [4.78, 5) is 28.1. The van der Waals surface area contributed by atoms with Gasteiger partial charge in [0.1, 0.15) is 0 Å². The number of carbonyl (C=O) groups excluding carboxylic acids is 2. The molecule has 0 spiro atoms. The Balaban J connectivity index is 2.84. The number of aliphatic imine (C=N–C) groups is 2. The number of isocyanates is 2. The second kappa shape index (κ2) is 4.73. The molecular formula is C12H18N2O2. The summed E-state index contributed by atoms with van der Waals surface area (Å²) in [5.41, 5.74) is -0.233. The van der Waals surface area contributed by atoms with Gasteiger partial charge in [-0.3, -0.25) is 0 Å². The maximum absolute atomic E-state index is 10.4. The quantitative estimate of drug-likeness (QED) is 0.543. The molecule has 16 heavy (non-hydrogen) atoms. The molecule has 88 valence electrons. The van der Waals surface area contributed by atoms with Gasteiger partial charge in [0, 0.05) is 0 Å². The highest BCUT2D eigenvalue weighted by Crippen LogP contribution is 2.45. The molecule has 0 radical (unpaired) electrons. The van der Waals surface area contributed by atoms with Gasteiger partial charge in [-0.2, -0.15) is 4.99 Å². The average molecular weight is 222 g/mol. The predicted molar refractivity (Wildman–Crippen MR) is 60.6 cm³/mol. The molecule has 0 bridgehead atoms. The molecule has 4 heteroatoms. The summed E-state index contributed by atoms with van der Waals surface area (Å²) in [6.07, 6.45) is 5.89. The third-order valence-electron chi connectivity index (χ3n) is 3.16. The molecule has 1 unspecified atom stereocenters. The summed E-state index contributed by atoms with van der Waals surface area (Å²) in [6, 6.07) is 0. The van der Waals surface area contributed by atoms with Crippen LogP contribution in [0.25, 0.3) is 0 Å². The first-order valence-electron chi connectivity index (χ1n) is 5.53. The molecule has 1 fully saturated rings. The fraction of sp³-hybridized carbons (Fsp3) is 0.833. The molecule has 0 amide bonds. The molecule has 1 aliphatic carbocycles. The molecule has 1 saturated carbocycles. The zero-order chi connectivity index (χ0) is 12.2. The van der Waals surface area contributed by atoms with Crippen molar-refractivity contribution in [2.45, 2.75) is 45.6 Å². The van der Waals surface area contributed by atoms with Crippen LogP contribution in [-0.4, -0.2) is 24.2 Å². The maximum atomic E-state index is 10.4. The van der Waals surface area contributed by atoms with Crippen molar-refractivity contribution < 1.29 is 9.59 Å². The minimum absolute atomic E-state index is 0.121. The van der Waals surface area contributed by atoms with Crippen LogP contribution in [-0.2, 0) is 9.59 Å². The highest BCUT2D eigenvalue weighted by atomic mass is 16.1. The lowest BCUT2D eigenvalue weighted by molar-refractivity contribution is 0.116. The summed E-state index contributed by atoms with van der Waals surface area (Å²) in [7, 11) is 0. The Hall–Kier alpha value is -1.24. The molecule has 4 nitrogen and oxygen atoms in total. The van der Waals surface area contributed by atoms with E-state index in [-0.39, 0.29) is 11.0 Å². The van der Waals surface area contributed by atoms with Crippen molar-refractivity contribution in [3.8, 4) is 0 Å². The Morgan fingerprint density at radius 1 is 1.19 bits per heavy atom. The van der Waals surface area contributed by atoms with Crippen molar-refractivity contribution in [3.05, 3.63) is 0 Å². The minimum Gasteiger partial charge on any atom is -0.211 e. The van der Waals surface area contributed by atoms with E-state index < -0.39 is 0 Å². The molecule has 1 rings (SSSR count). The topological polar surface area (TPSA) is 58.9 Å². The van der Waals surface area contributed by atoms with E-state index in [1.807, 2.05) is 6.92 Å². The standard InChI is InChI=1S/C12H18N2O2/c1-11(2)4-10(6-13-8-15)5-12(3,7-11)14-9-16/h10H,4-7H2,1-3H3/t10?,12-/m0/s1. The van der Waals surface area contributed by atoms with Gasteiger partial charge in [-0.25, -0.2) is 14.6 Å². The van der Waals surface area contributed by atoms with Gasteiger partial charge in [-0.15, -0.1) is 0 Å². The number of hydrogen-bond acceptors (Lipinski definition) is 4. The number of hydrogen-bond donors (Lipinski definition) is 0. The molecule has 0 aromatic rings. The van der Waals surface area contributed by atoms with Crippen molar-refractivity contribution in [2.75, 3.05) is 6.54 Å². The van der Waals surface area contributed by atoms with Crippen molar-refractivity contribution >= 4 is 12.2 Å². The summed E-state index contributed by atoms with van der Waals surface area (Å²) in [5.74, 6) is 0.298. The monoisotopic (exact) mass is 222 g/mol. The molecule has 0 aromatic heterocycles. The van der Waals surface area contributed by atoms with Crippen LogP contribution < -0.4 is 0 Å². The van der Waals surface area contributed by atoms with Gasteiger partial charge in [-0.05, 0) is 37.5 Å². The van der Waals surface area contributed by atoms with Gasteiger partial charge in [0.05, 0.1) is 12.1 Å². The van der Waals surface area contributed by atoms with Gasteiger partial charge in [0.25, 0.3) is 0 Å². The van der Waals surface area contributed by atoms with Crippen molar-refractivity contribution in [2.24, 2.45) is 21.3 Å². The fourth-order valence-corrected chi connectivity index (χ4v) is 3.14. The van der Waals surface area contributed by atoms with Crippen LogP contribution in [0.1, 0.15) is 40.0 Å². The lowest BCUT2D eigenvalue weighted by atomic mass is 9.65. The highest BCUT2D eigenvalue weighted by molar-refractivity contribution is 5.35. The van der Waals surface area contributed by atoms with Gasteiger partial charge < -0.3 is 0 Å². The largest absolute Gasteiger partial charge is 0.235 e. The Bertz CT molecular complexity index is 352. The fourth-order valence-electron chi connectivity index (χ4n) is 3.14. The van der Waals surface area contributed by atoms with E-state index in [0.717, 1.165) is 19.3 Å². The number of nitrogens with zero attached hydrogens (tertiary/aromatic N) is 2. The Morgan fingerprint density at radius 2 is 1.88 bits per heavy atom. The Kier molecular flexibility index (Phi) is 3.79. The molecule has 0 aromatic carbocycles. The van der Waals surface area contributed by atoms with E-state index in [4.69, 9.17) is 0 Å². The highest BCUT2D eigenvalue weighted by Gasteiger charge is 2.41. The van der Waals surface area contributed by atoms with Crippen LogP contribution in [0.4, 0.5) is 0 Å². The van der Waals surface area contributed by atoms with Crippen LogP contribution >= 0.6 is 0 Å². The molecule has 0 aliphatic heterocycles. The Labute approximate surface area is 95.9 Å². The molecule has 0 N–H and O–H groups in total. The minimum atomic E-state index is -0.355. The third kappa shape index (κ3) is 3.41. The van der Waals surface area contributed by atoms with E-state index in [1.165, 1.54) is 0 Å². The summed E-state index contributed by atoms with van der Waals surface area (Å²) >= 11 is 0. The maximum Gasteiger partial charge on any atom is 0.235 e. The Morgan fingerprint density at radius 3 is 2.44 bits per heavy atom. The van der Waals surface area contributed by atoms with E-state index in [1.54, 1.807) is 12.2 Å². The molecule has 2 atom stereocenters. The predicted octanol–water partition coefficient (Wildman–Crippen LogP) is 2.24. The van der Waals surface area contributed by atoms with E-state index in [9.17, 15) is 9.59 Å². The SMILES string of the molecule is CC1(C)CC(CN=C=O)C[C@](C)(N=C=O)C1. The first-order chi connectivity index (χ1) is 7.41. The van der Waals surface area contributed by atoms with Crippen LogP contribution in [0.3, 0.4) is 0 Å². The van der Waals surface area contributed by atoms with Crippen molar-refractivity contribution in [3.63, 3.8) is 0 Å². The zero-order valence-corrected chi connectivity index (χ0v) is 10.1. The molecule has 1 aliphatic rings. The smallest absolute Gasteiger partial charge is 0.211 e. The van der Waals surface area contributed by atoms with E-state index >= 15 is 0 Å². The first-order valence-corrected chi connectivity index (χ1v) is 5.53. The van der Waals surface area contributed by atoms with E-state index in [2.05, 4.69) is 23.8 Å². The number of rotatable bonds is 3. The van der Waals surface area contributed by atoms with Crippen LogP contribution in [0.2, 0.25) is 0 Å².